The fourth-order valence-corrected chi connectivity index (χ4v) is 3.07. The minimum absolute atomic E-state index is 0.0104. The van der Waals surface area contributed by atoms with E-state index in [4.69, 9.17) is 9.26 Å². The zero-order valence-corrected chi connectivity index (χ0v) is 17.3. The van der Waals surface area contributed by atoms with Gasteiger partial charge in [0, 0.05) is 19.7 Å². The fourth-order valence-electron chi connectivity index (χ4n) is 3.07. The maximum absolute atomic E-state index is 12.6. The quantitative estimate of drug-likeness (QED) is 0.476. The number of nitrogens with one attached hydrogen (secondary N) is 3. The Morgan fingerprint density at radius 1 is 1.10 bits per heavy atom. The van der Waals surface area contributed by atoms with E-state index in [1.807, 2.05) is 42.5 Å². The molecule has 1 heterocycles. The summed E-state index contributed by atoms with van der Waals surface area (Å²) in [5.74, 6) is -0.981. The normalized spacial score (nSPS) is 11.7. The average molecular weight is 424 g/mol. The van der Waals surface area contributed by atoms with Crippen LogP contribution in [-0.4, -0.2) is 49.2 Å². The van der Waals surface area contributed by atoms with Gasteiger partial charge in [0.05, 0.1) is 13.2 Å². The van der Waals surface area contributed by atoms with E-state index >= 15 is 0 Å². The summed E-state index contributed by atoms with van der Waals surface area (Å²) in [6, 6.07) is 14.3. The van der Waals surface area contributed by atoms with Crippen molar-refractivity contribution in [2.24, 2.45) is 0 Å². The van der Waals surface area contributed by atoms with Crippen LogP contribution < -0.4 is 16.0 Å². The van der Waals surface area contributed by atoms with Gasteiger partial charge >= 0.3 is 0 Å². The fraction of sp³-hybridized carbons (Fsp3) is 0.273. The predicted octanol–water partition coefficient (Wildman–Crippen LogP) is 1.31. The number of methoxy groups -OCH3 is 1. The van der Waals surface area contributed by atoms with E-state index in [1.165, 1.54) is 13.2 Å². The van der Waals surface area contributed by atoms with E-state index in [0.717, 1.165) is 16.3 Å². The molecule has 1 atom stereocenters. The Balaban J connectivity index is 1.54. The molecule has 0 fully saturated rings. The molecule has 3 aromatic rings. The standard InChI is InChI=1S/C22H24N4O5/c1-14-10-18(26-31-14)21(28)24-12-20(27)25-19(13-30-2)22(29)23-11-16-8-5-7-15-6-3-4-9-17(15)16/h3-10,19H,11-13H2,1-2H3,(H,23,29)(H,24,28)(H,25,27). The summed E-state index contributed by atoms with van der Waals surface area (Å²) < 4.78 is 9.89. The van der Waals surface area contributed by atoms with Crippen molar-refractivity contribution >= 4 is 28.5 Å². The molecule has 1 unspecified atom stereocenters. The maximum Gasteiger partial charge on any atom is 0.273 e. The zero-order chi connectivity index (χ0) is 22.2. The number of rotatable bonds is 9. The highest BCUT2D eigenvalue weighted by molar-refractivity contribution is 5.95. The largest absolute Gasteiger partial charge is 0.382 e. The van der Waals surface area contributed by atoms with Crippen LogP contribution in [0.1, 0.15) is 21.8 Å². The lowest BCUT2D eigenvalue weighted by Gasteiger charge is -2.18. The van der Waals surface area contributed by atoms with Crippen molar-refractivity contribution in [3.63, 3.8) is 0 Å². The number of carbonyl (C=O) groups is 3. The SMILES string of the molecule is COCC(NC(=O)CNC(=O)c1cc(C)on1)C(=O)NCc1cccc2ccccc12. The number of benzene rings is 2. The number of aryl methyl sites for hydroxylation is 1. The van der Waals surface area contributed by atoms with Gasteiger partial charge in [0.2, 0.25) is 11.8 Å². The van der Waals surface area contributed by atoms with Gasteiger partial charge in [-0.25, -0.2) is 0 Å². The van der Waals surface area contributed by atoms with Gasteiger partial charge in [-0.05, 0) is 23.3 Å². The third-order valence-corrected chi connectivity index (χ3v) is 4.59. The molecule has 0 spiro atoms. The van der Waals surface area contributed by atoms with Crippen molar-refractivity contribution in [1.82, 2.24) is 21.1 Å². The van der Waals surface area contributed by atoms with Crippen LogP contribution in [-0.2, 0) is 20.9 Å². The third-order valence-electron chi connectivity index (χ3n) is 4.59. The Morgan fingerprint density at radius 2 is 1.87 bits per heavy atom. The van der Waals surface area contributed by atoms with E-state index in [1.54, 1.807) is 6.92 Å². The first-order valence-electron chi connectivity index (χ1n) is 9.72. The molecule has 162 valence electrons. The summed E-state index contributed by atoms with van der Waals surface area (Å²) >= 11 is 0. The number of fused-ring (bicyclic) bond motifs is 1. The Morgan fingerprint density at radius 3 is 2.61 bits per heavy atom. The van der Waals surface area contributed by atoms with Crippen molar-refractivity contribution in [2.45, 2.75) is 19.5 Å². The van der Waals surface area contributed by atoms with E-state index in [9.17, 15) is 14.4 Å². The number of carbonyl (C=O) groups excluding carboxylic acids is 3. The molecule has 0 saturated carbocycles. The molecule has 1 aromatic heterocycles. The second-order valence-corrected chi connectivity index (χ2v) is 6.94. The number of aromatic nitrogens is 1. The van der Waals surface area contributed by atoms with Crippen LogP contribution in [0.4, 0.5) is 0 Å². The first-order valence-corrected chi connectivity index (χ1v) is 9.72. The average Bonchev–Trinajstić information content (AvgIpc) is 3.22. The molecule has 3 N–H and O–H groups in total. The Labute approximate surface area is 179 Å². The van der Waals surface area contributed by atoms with Crippen molar-refractivity contribution in [3.05, 3.63) is 65.5 Å². The monoisotopic (exact) mass is 424 g/mol. The van der Waals surface area contributed by atoms with Crippen molar-refractivity contribution in [1.29, 1.82) is 0 Å². The second kappa shape index (κ2) is 10.4. The number of nitrogens with zero attached hydrogens (tertiary/aromatic N) is 1. The van der Waals surface area contributed by atoms with Crippen LogP contribution in [0.15, 0.2) is 53.1 Å². The zero-order valence-electron chi connectivity index (χ0n) is 17.3. The van der Waals surface area contributed by atoms with Crippen molar-refractivity contribution in [3.8, 4) is 0 Å². The van der Waals surface area contributed by atoms with Crippen LogP contribution in [0, 0.1) is 6.92 Å². The van der Waals surface area contributed by atoms with E-state index in [2.05, 4.69) is 21.1 Å². The molecule has 0 bridgehead atoms. The van der Waals surface area contributed by atoms with Crippen molar-refractivity contribution in [2.75, 3.05) is 20.3 Å². The molecule has 0 aliphatic rings. The van der Waals surface area contributed by atoms with Gasteiger partial charge in [-0.1, -0.05) is 47.6 Å². The molecule has 9 heteroatoms. The van der Waals surface area contributed by atoms with Gasteiger partial charge in [-0.15, -0.1) is 0 Å². The minimum Gasteiger partial charge on any atom is -0.382 e. The number of hydrogen-bond donors (Lipinski definition) is 3. The molecule has 0 radical (unpaired) electrons. The molecular formula is C22H24N4O5. The van der Waals surface area contributed by atoms with E-state index in [0.29, 0.717) is 12.3 Å². The lowest BCUT2D eigenvalue weighted by molar-refractivity contribution is -0.129. The van der Waals surface area contributed by atoms with E-state index < -0.39 is 17.9 Å². The maximum atomic E-state index is 12.6. The second-order valence-electron chi connectivity index (χ2n) is 6.94. The van der Waals surface area contributed by atoms with Crippen LogP contribution >= 0.6 is 0 Å². The highest BCUT2D eigenvalue weighted by atomic mass is 16.5. The lowest BCUT2D eigenvalue weighted by Crippen LogP contribution is -2.51. The Bertz CT molecular complexity index is 1070. The summed E-state index contributed by atoms with van der Waals surface area (Å²) in [5.41, 5.74) is 1.04. The van der Waals surface area contributed by atoms with Gasteiger partial charge in [0.1, 0.15) is 11.8 Å². The summed E-state index contributed by atoms with van der Waals surface area (Å²) in [7, 11) is 1.44. The summed E-state index contributed by atoms with van der Waals surface area (Å²) in [6.07, 6.45) is 0. The molecule has 0 aliphatic carbocycles. The predicted molar refractivity (Wildman–Crippen MR) is 113 cm³/mol. The van der Waals surface area contributed by atoms with Crippen LogP contribution in [0.2, 0.25) is 0 Å². The Kier molecular flexibility index (Phi) is 7.34. The van der Waals surface area contributed by atoms with Gasteiger partial charge < -0.3 is 25.2 Å². The smallest absolute Gasteiger partial charge is 0.273 e. The topological polar surface area (TPSA) is 123 Å². The molecule has 0 saturated heterocycles. The molecular weight excluding hydrogens is 400 g/mol. The molecule has 31 heavy (non-hydrogen) atoms. The number of ether oxygens (including phenoxy) is 1. The van der Waals surface area contributed by atoms with Gasteiger partial charge in [0.15, 0.2) is 5.69 Å². The lowest BCUT2D eigenvalue weighted by atomic mass is 10.0. The van der Waals surface area contributed by atoms with Crippen molar-refractivity contribution < 1.29 is 23.6 Å². The van der Waals surface area contributed by atoms with Gasteiger partial charge in [-0.3, -0.25) is 14.4 Å². The highest BCUT2D eigenvalue weighted by Gasteiger charge is 2.21. The highest BCUT2D eigenvalue weighted by Crippen LogP contribution is 2.18. The van der Waals surface area contributed by atoms with E-state index in [-0.39, 0.29) is 24.8 Å². The van der Waals surface area contributed by atoms with Crippen LogP contribution in [0.3, 0.4) is 0 Å². The first kappa shape index (κ1) is 22.0. The third kappa shape index (κ3) is 5.89. The molecule has 3 amide bonds. The van der Waals surface area contributed by atoms with Crippen LogP contribution in [0.5, 0.6) is 0 Å². The number of amides is 3. The Hall–Kier alpha value is -3.72. The molecule has 0 aliphatic heterocycles. The molecule has 9 nitrogen and oxygen atoms in total. The van der Waals surface area contributed by atoms with Crippen LogP contribution in [0.25, 0.3) is 10.8 Å². The molecule has 2 aromatic carbocycles. The summed E-state index contributed by atoms with van der Waals surface area (Å²) in [4.78, 5) is 36.8. The summed E-state index contributed by atoms with van der Waals surface area (Å²) in [5, 5.41) is 13.5. The van der Waals surface area contributed by atoms with Gasteiger partial charge in [-0.2, -0.15) is 0 Å². The number of hydrogen-bond acceptors (Lipinski definition) is 6. The first-order chi connectivity index (χ1) is 15.0. The minimum atomic E-state index is -0.904. The summed E-state index contributed by atoms with van der Waals surface area (Å²) in [6.45, 7) is 1.63. The van der Waals surface area contributed by atoms with Gasteiger partial charge in [0.25, 0.3) is 5.91 Å². The molecule has 3 rings (SSSR count).